The number of aliphatic hydroxyl groups excluding tert-OH is 1. The van der Waals surface area contributed by atoms with Crippen molar-refractivity contribution in [2.45, 2.75) is 13.0 Å². The van der Waals surface area contributed by atoms with Crippen LogP contribution in [0.2, 0.25) is 0 Å². The molecule has 0 aromatic carbocycles. The Bertz CT molecular complexity index is 83.4. The monoisotopic (exact) mass is 119 g/mol. The summed E-state index contributed by atoms with van der Waals surface area (Å²) in [5.74, 6) is 0. The Balaban J connectivity index is 3.24. The first-order chi connectivity index (χ1) is 3.66. The summed E-state index contributed by atoms with van der Waals surface area (Å²) in [6, 6.07) is -0.368. The second-order valence-corrected chi connectivity index (χ2v) is 1.53. The Hall–Kier alpha value is -0.770. The summed E-state index contributed by atoms with van der Waals surface area (Å²) in [4.78, 5) is 9.75. The topological polar surface area (TPSA) is 69.6 Å². The van der Waals surface area contributed by atoms with Gasteiger partial charge < -0.3 is 15.5 Å². The number of aliphatic hydroxyl groups is 1. The molecule has 0 aromatic heterocycles. The molecule has 3 N–H and O–H groups in total. The standard InChI is InChI=1S/C4H9NO3/c1-3(2-6)5-4(7)8/h3,5-6H,2H2,1H3,(H,7,8). The summed E-state index contributed by atoms with van der Waals surface area (Å²) in [5, 5.41) is 18.3. The smallest absolute Gasteiger partial charge is 0.404 e. The van der Waals surface area contributed by atoms with Gasteiger partial charge in [0.05, 0.1) is 12.6 Å². The summed E-state index contributed by atoms with van der Waals surface area (Å²) >= 11 is 0. The molecule has 0 saturated heterocycles. The van der Waals surface area contributed by atoms with Gasteiger partial charge in [0.2, 0.25) is 0 Å². The number of carboxylic acid groups (broad SMARTS) is 1. The molecule has 0 aromatic rings. The van der Waals surface area contributed by atoms with Gasteiger partial charge in [-0.05, 0) is 6.92 Å². The summed E-state index contributed by atoms with van der Waals surface area (Å²) in [6.07, 6.45) is -1.11. The lowest BCUT2D eigenvalue weighted by molar-refractivity contribution is 0.180. The van der Waals surface area contributed by atoms with Crippen molar-refractivity contribution in [3.8, 4) is 0 Å². The third-order valence-electron chi connectivity index (χ3n) is 0.644. The molecule has 0 aliphatic heterocycles. The Morgan fingerprint density at radius 3 is 2.50 bits per heavy atom. The highest BCUT2D eigenvalue weighted by atomic mass is 16.4. The van der Waals surface area contributed by atoms with E-state index < -0.39 is 6.09 Å². The number of carbonyl (C=O) groups is 1. The van der Waals surface area contributed by atoms with Gasteiger partial charge in [-0.1, -0.05) is 0 Å². The minimum Gasteiger partial charge on any atom is -0.465 e. The van der Waals surface area contributed by atoms with E-state index >= 15 is 0 Å². The minimum absolute atomic E-state index is 0.160. The fourth-order valence-corrected chi connectivity index (χ4v) is 0.256. The number of nitrogens with one attached hydrogen (secondary N) is 1. The molecule has 8 heavy (non-hydrogen) atoms. The molecule has 0 rings (SSSR count). The van der Waals surface area contributed by atoms with E-state index in [0.717, 1.165) is 0 Å². The lowest BCUT2D eigenvalue weighted by Crippen LogP contribution is -2.33. The van der Waals surface area contributed by atoms with Gasteiger partial charge in [-0.2, -0.15) is 0 Å². The van der Waals surface area contributed by atoms with Gasteiger partial charge in [0, 0.05) is 0 Å². The molecule has 0 radical (unpaired) electrons. The molecule has 0 aliphatic rings. The molecular weight excluding hydrogens is 110 g/mol. The molecular formula is C4H9NO3. The summed E-state index contributed by atoms with van der Waals surface area (Å²) in [6.45, 7) is 1.42. The van der Waals surface area contributed by atoms with E-state index in [1.807, 2.05) is 0 Å². The van der Waals surface area contributed by atoms with Crippen LogP contribution in [-0.2, 0) is 0 Å². The molecule has 1 atom stereocenters. The van der Waals surface area contributed by atoms with Crippen molar-refractivity contribution < 1.29 is 15.0 Å². The van der Waals surface area contributed by atoms with Gasteiger partial charge in [-0.15, -0.1) is 0 Å². The van der Waals surface area contributed by atoms with Crippen LogP contribution >= 0.6 is 0 Å². The van der Waals surface area contributed by atoms with Crippen molar-refractivity contribution in [2.24, 2.45) is 0 Å². The maximum Gasteiger partial charge on any atom is 0.404 e. The van der Waals surface area contributed by atoms with Crippen LogP contribution in [0.15, 0.2) is 0 Å². The number of amides is 1. The van der Waals surface area contributed by atoms with E-state index in [1.165, 1.54) is 0 Å². The summed E-state index contributed by atoms with van der Waals surface area (Å²) < 4.78 is 0. The largest absolute Gasteiger partial charge is 0.465 e. The minimum atomic E-state index is -1.11. The summed E-state index contributed by atoms with van der Waals surface area (Å²) in [5.41, 5.74) is 0. The van der Waals surface area contributed by atoms with Crippen molar-refractivity contribution in [1.29, 1.82) is 0 Å². The van der Waals surface area contributed by atoms with Crippen LogP contribution in [0.5, 0.6) is 0 Å². The molecule has 0 spiro atoms. The molecule has 1 amide bonds. The normalized spacial score (nSPS) is 12.8. The predicted octanol–water partition coefficient (Wildman–Crippen LogP) is -0.365. The van der Waals surface area contributed by atoms with Crippen molar-refractivity contribution >= 4 is 6.09 Å². The molecule has 0 aliphatic carbocycles. The molecule has 0 heterocycles. The highest BCUT2D eigenvalue weighted by Gasteiger charge is 2.00. The van der Waals surface area contributed by atoms with E-state index in [-0.39, 0.29) is 12.6 Å². The quantitative estimate of drug-likeness (QED) is 0.464. The fraction of sp³-hybridized carbons (Fsp3) is 0.750. The highest BCUT2D eigenvalue weighted by molar-refractivity contribution is 5.64. The zero-order valence-electron chi connectivity index (χ0n) is 4.59. The molecule has 0 fully saturated rings. The third kappa shape index (κ3) is 3.42. The van der Waals surface area contributed by atoms with Gasteiger partial charge in [0.25, 0.3) is 0 Å². The van der Waals surface area contributed by atoms with Crippen molar-refractivity contribution in [2.75, 3.05) is 6.61 Å². The molecule has 0 saturated carbocycles. The van der Waals surface area contributed by atoms with Gasteiger partial charge in [0.15, 0.2) is 0 Å². The van der Waals surface area contributed by atoms with Crippen molar-refractivity contribution in [1.82, 2.24) is 5.32 Å². The molecule has 0 bridgehead atoms. The van der Waals surface area contributed by atoms with E-state index in [2.05, 4.69) is 5.32 Å². The van der Waals surface area contributed by atoms with Gasteiger partial charge in [-0.25, -0.2) is 4.79 Å². The lowest BCUT2D eigenvalue weighted by atomic mass is 10.4. The van der Waals surface area contributed by atoms with Crippen molar-refractivity contribution in [3.05, 3.63) is 0 Å². The highest BCUT2D eigenvalue weighted by Crippen LogP contribution is 1.75. The Labute approximate surface area is 47.1 Å². The maximum absolute atomic E-state index is 9.75. The Morgan fingerprint density at radius 1 is 1.88 bits per heavy atom. The first-order valence-corrected chi connectivity index (χ1v) is 2.27. The number of hydrogen-bond donors (Lipinski definition) is 3. The number of rotatable bonds is 2. The molecule has 4 heteroatoms. The Morgan fingerprint density at radius 2 is 2.38 bits per heavy atom. The third-order valence-corrected chi connectivity index (χ3v) is 0.644. The summed E-state index contributed by atoms with van der Waals surface area (Å²) in [7, 11) is 0. The van der Waals surface area contributed by atoms with Crippen LogP contribution in [0.3, 0.4) is 0 Å². The SMILES string of the molecule is CC(CO)NC(=O)O. The second-order valence-electron chi connectivity index (χ2n) is 1.53. The molecule has 1 unspecified atom stereocenters. The first kappa shape index (κ1) is 7.23. The first-order valence-electron chi connectivity index (χ1n) is 2.27. The van der Waals surface area contributed by atoms with Gasteiger partial charge >= 0.3 is 6.09 Å². The van der Waals surface area contributed by atoms with Crippen LogP contribution in [0.25, 0.3) is 0 Å². The van der Waals surface area contributed by atoms with E-state index in [0.29, 0.717) is 0 Å². The van der Waals surface area contributed by atoms with E-state index in [9.17, 15) is 4.79 Å². The van der Waals surface area contributed by atoms with Crippen LogP contribution in [0.4, 0.5) is 4.79 Å². The van der Waals surface area contributed by atoms with E-state index in [4.69, 9.17) is 10.2 Å². The number of hydrogen-bond acceptors (Lipinski definition) is 2. The van der Waals surface area contributed by atoms with Gasteiger partial charge in [-0.3, -0.25) is 0 Å². The average molecular weight is 119 g/mol. The maximum atomic E-state index is 9.75. The van der Waals surface area contributed by atoms with Crippen LogP contribution in [0.1, 0.15) is 6.92 Å². The second kappa shape index (κ2) is 3.26. The zero-order valence-corrected chi connectivity index (χ0v) is 4.59. The lowest BCUT2D eigenvalue weighted by Gasteiger charge is -2.04. The molecule has 48 valence electrons. The van der Waals surface area contributed by atoms with Crippen LogP contribution < -0.4 is 5.32 Å². The van der Waals surface area contributed by atoms with Crippen molar-refractivity contribution in [3.63, 3.8) is 0 Å². The van der Waals surface area contributed by atoms with Crippen LogP contribution in [0, 0.1) is 0 Å². The van der Waals surface area contributed by atoms with Gasteiger partial charge in [0.1, 0.15) is 0 Å². The van der Waals surface area contributed by atoms with E-state index in [1.54, 1.807) is 6.92 Å². The molecule has 4 nitrogen and oxygen atoms in total. The predicted molar refractivity (Wildman–Crippen MR) is 27.7 cm³/mol. The Kier molecular flexibility index (Phi) is 2.95. The van der Waals surface area contributed by atoms with Crippen LogP contribution in [-0.4, -0.2) is 29.0 Å². The fourth-order valence-electron chi connectivity index (χ4n) is 0.256. The zero-order chi connectivity index (χ0) is 6.57. The average Bonchev–Trinajstić information content (AvgIpc) is 1.65.